The molecule has 2 aromatic heterocycles. The van der Waals surface area contributed by atoms with Crippen LogP contribution in [0.5, 0.6) is 0 Å². The van der Waals surface area contributed by atoms with Crippen molar-refractivity contribution in [1.29, 1.82) is 0 Å². The highest BCUT2D eigenvalue weighted by Gasteiger charge is 2.21. The van der Waals surface area contributed by atoms with E-state index in [9.17, 15) is 0 Å². The van der Waals surface area contributed by atoms with Crippen molar-refractivity contribution in [2.45, 2.75) is 51.7 Å². The van der Waals surface area contributed by atoms with Gasteiger partial charge in [-0.1, -0.05) is 37.8 Å². The second kappa shape index (κ2) is 6.37. The molecule has 0 radical (unpaired) electrons. The molecule has 0 spiro atoms. The van der Waals surface area contributed by atoms with E-state index in [2.05, 4.69) is 16.9 Å². The van der Waals surface area contributed by atoms with E-state index in [-0.39, 0.29) is 0 Å². The average molecular weight is 311 g/mol. The van der Waals surface area contributed by atoms with E-state index in [1.165, 1.54) is 25.7 Å². The lowest BCUT2D eigenvalue weighted by molar-refractivity contribution is -0.00107. The van der Waals surface area contributed by atoms with Gasteiger partial charge in [0.1, 0.15) is 16.6 Å². The summed E-state index contributed by atoms with van der Waals surface area (Å²) < 4.78 is 6.00. The summed E-state index contributed by atoms with van der Waals surface area (Å²) in [6.07, 6.45) is 6.56. The molecule has 2 aromatic rings. The van der Waals surface area contributed by atoms with Gasteiger partial charge in [0.15, 0.2) is 5.82 Å². The molecular formula is C15H19ClN2OS. The fraction of sp³-hybridized carbons (Fsp3) is 0.600. The number of halogens is 1. The molecule has 108 valence electrons. The lowest BCUT2D eigenvalue weighted by Gasteiger charge is -2.28. The van der Waals surface area contributed by atoms with E-state index in [0.717, 1.165) is 22.6 Å². The Morgan fingerprint density at radius 3 is 3.15 bits per heavy atom. The highest BCUT2D eigenvalue weighted by molar-refractivity contribution is 7.16. The lowest BCUT2D eigenvalue weighted by Crippen LogP contribution is -2.22. The van der Waals surface area contributed by atoms with Gasteiger partial charge in [0.25, 0.3) is 0 Å². The maximum absolute atomic E-state index is 6.17. The number of fused-ring (bicyclic) bond motifs is 1. The second-order valence-corrected chi connectivity index (χ2v) is 6.70. The van der Waals surface area contributed by atoms with Crippen LogP contribution in [0.15, 0.2) is 11.4 Å². The largest absolute Gasteiger partial charge is 0.370 e. The summed E-state index contributed by atoms with van der Waals surface area (Å²) in [7, 11) is 0. The third kappa shape index (κ3) is 3.13. The van der Waals surface area contributed by atoms with Gasteiger partial charge in [-0.25, -0.2) is 9.97 Å². The smallest absolute Gasteiger partial charge is 0.157 e. The fourth-order valence-corrected chi connectivity index (χ4v) is 3.97. The van der Waals surface area contributed by atoms with Crippen LogP contribution in [-0.2, 0) is 11.3 Å². The molecule has 0 bridgehead atoms. The van der Waals surface area contributed by atoms with E-state index >= 15 is 0 Å². The zero-order valence-electron chi connectivity index (χ0n) is 11.6. The number of thiophene rings is 1. The second-order valence-electron chi connectivity index (χ2n) is 5.44. The van der Waals surface area contributed by atoms with Gasteiger partial charge in [-0.3, -0.25) is 0 Å². The summed E-state index contributed by atoms with van der Waals surface area (Å²) >= 11 is 7.76. The summed E-state index contributed by atoms with van der Waals surface area (Å²) in [5.74, 6) is 1.52. The van der Waals surface area contributed by atoms with Crippen molar-refractivity contribution in [3.8, 4) is 0 Å². The molecule has 0 saturated heterocycles. The van der Waals surface area contributed by atoms with Crippen molar-refractivity contribution in [3.05, 3.63) is 22.4 Å². The highest BCUT2D eigenvalue weighted by Crippen LogP contribution is 2.29. The Balaban J connectivity index is 1.64. The van der Waals surface area contributed by atoms with E-state index in [1.54, 1.807) is 11.3 Å². The molecule has 2 atom stereocenters. The van der Waals surface area contributed by atoms with Gasteiger partial charge in [0, 0.05) is 5.39 Å². The fourth-order valence-electron chi connectivity index (χ4n) is 2.88. The van der Waals surface area contributed by atoms with Crippen molar-refractivity contribution in [1.82, 2.24) is 9.97 Å². The molecule has 1 saturated carbocycles. The zero-order chi connectivity index (χ0) is 13.9. The normalized spacial score (nSPS) is 23.3. The molecule has 2 heterocycles. The first-order valence-electron chi connectivity index (χ1n) is 7.27. The summed E-state index contributed by atoms with van der Waals surface area (Å²) in [5.41, 5.74) is 0. The van der Waals surface area contributed by atoms with Gasteiger partial charge >= 0.3 is 0 Å². The number of hydrogen-bond donors (Lipinski definition) is 0. The molecule has 1 aliphatic rings. The monoisotopic (exact) mass is 310 g/mol. The molecule has 3 rings (SSSR count). The Labute approximate surface area is 128 Å². The topological polar surface area (TPSA) is 35.0 Å². The standard InChI is InChI=1S/C15H19ClN2OS/c1-2-10-4-3-5-11(8-10)19-9-13-17-14(16)12-6-7-20-15(12)18-13/h6-7,10-11H,2-5,8-9H2,1H3. The minimum atomic E-state index is 0.357. The SMILES string of the molecule is CCC1CCCC(OCc2nc(Cl)c3ccsc3n2)C1. The van der Waals surface area contributed by atoms with Crippen LogP contribution >= 0.6 is 22.9 Å². The summed E-state index contributed by atoms with van der Waals surface area (Å²) in [5, 5.41) is 3.46. The quantitative estimate of drug-likeness (QED) is 0.759. The van der Waals surface area contributed by atoms with Crippen molar-refractivity contribution in [2.75, 3.05) is 0 Å². The molecule has 2 unspecified atom stereocenters. The van der Waals surface area contributed by atoms with Crippen LogP contribution in [-0.4, -0.2) is 16.1 Å². The first-order chi connectivity index (χ1) is 9.76. The molecule has 0 aliphatic heterocycles. The van der Waals surface area contributed by atoms with Crippen LogP contribution in [0.4, 0.5) is 0 Å². The van der Waals surface area contributed by atoms with Crippen LogP contribution in [0.3, 0.4) is 0 Å². The van der Waals surface area contributed by atoms with Gasteiger partial charge in [-0.15, -0.1) is 11.3 Å². The van der Waals surface area contributed by atoms with Crippen molar-refractivity contribution in [2.24, 2.45) is 5.92 Å². The van der Waals surface area contributed by atoms with Crippen molar-refractivity contribution < 1.29 is 4.74 Å². The summed E-state index contributed by atoms with van der Waals surface area (Å²) in [4.78, 5) is 9.79. The Morgan fingerprint density at radius 1 is 1.40 bits per heavy atom. The minimum absolute atomic E-state index is 0.357. The first kappa shape index (κ1) is 14.2. The van der Waals surface area contributed by atoms with Crippen LogP contribution in [0.25, 0.3) is 10.2 Å². The average Bonchev–Trinajstić information content (AvgIpc) is 2.94. The highest BCUT2D eigenvalue weighted by atomic mass is 35.5. The minimum Gasteiger partial charge on any atom is -0.370 e. The molecule has 20 heavy (non-hydrogen) atoms. The molecular weight excluding hydrogens is 292 g/mol. The van der Waals surface area contributed by atoms with Crippen LogP contribution in [0.2, 0.25) is 5.15 Å². The predicted molar refractivity (Wildman–Crippen MR) is 83.3 cm³/mol. The van der Waals surface area contributed by atoms with Crippen molar-refractivity contribution >= 4 is 33.2 Å². The third-order valence-electron chi connectivity index (χ3n) is 4.09. The third-order valence-corrected chi connectivity index (χ3v) is 5.18. The van der Waals surface area contributed by atoms with Gasteiger partial charge < -0.3 is 4.74 Å². The first-order valence-corrected chi connectivity index (χ1v) is 8.53. The molecule has 0 amide bonds. The maximum atomic E-state index is 6.17. The number of ether oxygens (including phenoxy) is 1. The maximum Gasteiger partial charge on any atom is 0.157 e. The Hall–Kier alpha value is -0.710. The van der Waals surface area contributed by atoms with E-state index in [4.69, 9.17) is 16.3 Å². The van der Waals surface area contributed by atoms with Gasteiger partial charge in [-0.2, -0.15) is 0 Å². The molecule has 1 fully saturated rings. The summed E-state index contributed by atoms with van der Waals surface area (Å²) in [6.45, 7) is 2.73. The van der Waals surface area contributed by atoms with Crippen LogP contribution in [0.1, 0.15) is 44.9 Å². The van der Waals surface area contributed by atoms with Gasteiger partial charge in [0.05, 0.1) is 6.10 Å². The molecule has 1 aliphatic carbocycles. The Morgan fingerprint density at radius 2 is 2.30 bits per heavy atom. The number of aromatic nitrogens is 2. The van der Waals surface area contributed by atoms with Gasteiger partial charge in [-0.05, 0) is 30.2 Å². The van der Waals surface area contributed by atoms with Crippen LogP contribution in [0, 0.1) is 5.92 Å². The lowest BCUT2D eigenvalue weighted by atomic mass is 9.85. The molecule has 3 nitrogen and oxygen atoms in total. The van der Waals surface area contributed by atoms with E-state index in [0.29, 0.717) is 23.7 Å². The van der Waals surface area contributed by atoms with Crippen LogP contribution < -0.4 is 0 Å². The van der Waals surface area contributed by atoms with Gasteiger partial charge in [0.2, 0.25) is 0 Å². The Kier molecular flexibility index (Phi) is 4.54. The summed E-state index contributed by atoms with van der Waals surface area (Å²) in [6, 6.07) is 1.96. The zero-order valence-corrected chi connectivity index (χ0v) is 13.2. The Bertz CT molecular complexity index is 586. The van der Waals surface area contributed by atoms with E-state index in [1.807, 2.05) is 11.4 Å². The molecule has 0 aromatic carbocycles. The molecule has 0 N–H and O–H groups in total. The number of rotatable bonds is 4. The van der Waals surface area contributed by atoms with E-state index < -0.39 is 0 Å². The number of hydrogen-bond acceptors (Lipinski definition) is 4. The van der Waals surface area contributed by atoms with Crippen molar-refractivity contribution in [3.63, 3.8) is 0 Å². The predicted octanol–water partition coefficient (Wildman–Crippen LogP) is 4.83. The molecule has 5 heteroatoms. The number of nitrogens with zero attached hydrogens (tertiary/aromatic N) is 2.